The Morgan fingerprint density at radius 1 is 1.39 bits per heavy atom. The van der Waals surface area contributed by atoms with Crippen molar-refractivity contribution < 1.29 is 14.3 Å². The highest BCUT2D eigenvalue weighted by molar-refractivity contribution is 5.81. The van der Waals surface area contributed by atoms with E-state index in [1.54, 1.807) is 6.20 Å². The summed E-state index contributed by atoms with van der Waals surface area (Å²) in [6.45, 7) is 6.28. The van der Waals surface area contributed by atoms with Gasteiger partial charge < -0.3 is 14.8 Å². The zero-order chi connectivity index (χ0) is 16.1. The third kappa shape index (κ3) is 4.53. The SMILES string of the molecule is C[C@H](C(=O)NC[C@H]1CCCO1)N1CCO[C@@H](Cn2cccn2)C1. The average Bonchev–Trinajstić information content (AvgIpc) is 3.25. The van der Waals surface area contributed by atoms with Crippen LogP contribution in [-0.4, -0.2) is 71.7 Å². The number of hydrogen-bond donors (Lipinski definition) is 1. The molecule has 23 heavy (non-hydrogen) atoms. The van der Waals surface area contributed by atoms with Crippen molar-refractivity contribution in [3.8, 4) is 0 Å². The summed E-state index contributed by atoms with van der Waals surface area (Å²) in [7, 11) is 0. The number of nitrogens with zero attached hydrogens (tertiary/aromatic N) is 3. The molecule has 7 heteroatoms. The average molecular weight is 322 g/mol. The van der Waals surface area contributed by atoms with E-state index in [1.165, 1.54) is 0 Å². The molecule has 3 atom stereocenters. The third-order valence-electron chi connectivity index (χ3n) is 4.58. The maximum atomic E-state index is 12.4. The first-order valence-electron chi connectivity index (χ1n) is 8.45. The van der Waals surface area contributed by atoms with Crippen molar-refractivity contribution in [2.45, 2.75) is 44.6 Å². The first kappa shape index (κ1) is 16.4. The van der Waals surface area contributed by atoms with Gasteiger partial charge in [0, 0.05) is 38.6 Å². The second-order valence-electron chi connectivity index (χ2n) is 6.27. The first-order chi connectivity index (χ1) is 11.2. The maximum absolute atomic E-state index is 12.4. The molecule has 2 aliphatic rings. The summed E-state index contributed by atoms with van der Waals surface area (Å²) in [6, 6.07) is 1.75. The Kier molecular flexibility index (Phi) is 5.64. The van der Waals surface area contributed by atoms with E-state index in [1.807, 2.05) is 23.9 Å². The number of carbonyl (C=O) groups excluding carboxylic acids is 1. The van der Waals surface area contributed by atoms with Crippen LogP contribution in [0.15, 0.2) is 18.5 Å². The summed E-state index contributed by atoms with van der Waals surface area (Å²) in [6.07, 6.45) is 6.08. The van der Waals surface area contributed by atoms with Crippen LogP contribution in [0.25, 0.3) is 0 Å². The van der Waals surface area contributed by atoms with Gasteiger partial charge in [0.2, 0.25) is 5.91 Å². The van der Waals surface area contributed by atoms with Crippen molar-refractivity contribution in [2.75, 3.05) is 32.8 Å². The van der Waals surface area contributed by atoms with Gasteiger partial charge in [-0.1, -0.05) is 0 Å². The van der Waals surface area contributed by atoms with Crippen LogP contribution in [0.2, 0.25) is 0 Å². The van der Waals surface area contributed by atoms with E-state index in [4.69, 9.17) is 9.47 Å². The van der Waals surface area contributed by atoms with Crippen LogP contribution in [0.1, 0.15) is 19.8 Å². The molecule has 0 saturated carbocycles. The molecule has 7 nitrogen and oxygen atoms in total. The Morgan fingerprint density at radius 2 is 2.26 bits per heavy atom. The fraction of sp³-hybridized carbons (Fsp3) is 0.750. The Labute approximate surface area is 136 Å². The zero-order valence-corrected chi connectivity index (χ0v) is 13.7. The van der Waals surface area contributed by atoms with E-state index < -0.39 is 0 Å². The standard InChI is InChI=1S/C16H26N4O3/c1-13(16(21)17-10-14-4-2-8-22-14)19-7-9-23-15(11-19)12-20-6-3-5-18-20/h3,5-6,13-15H,2,4,7-12H2,1H3,(H,17,21)/t13-,14-,15-/m1/s1. The summed E-state index contributed by atoms with van der Waals surface area (Å²) in [5.74, 6) is 0.0697. The van der Waals surface area contributed by atoms with Gasteiger partial charge in [0.05, 0.1) is 31.4 Å². The van der Waals surface area contributed by atoms with Gasteiger partial charge in [-0.3, -0.25) is 14.4 Å². The summed E-state index contributed by atoms with van der Waals surface area (Å²) in [4.78, 5) is 14.5. The molecule has 0 spiro atoms. The molecular formula is C16H26N4O3. The number of nitrogens with one attached hydrogen (secondary N) is 1. The van der Waals surface area contributed by atoms with Gasteiger partial charge in [-0.25, -0.2) is 0 Å². The van der Waals surface area contributed by atoms with Gasteiger partial charge in [-0.2, -0.15) is 5.10 Å². The highest BCUT2D eigenvalue weighted by atomic mass is 16.5. The summed E-state index contributed by atoms with van der Waals surface area (Å²) in [5, 5.41) is 7.23. The van der Waals surface area contributed by atoms with Crippen LogP contribution < -0.4 is 5.32 Å². The summed E-state index contributed by atoms with van der Waals surface area (Å²) < 4.78 is 13.2. The first-order valence-corrected chi connectivity index (χ1v) is 8.45. The molecule has 0 aliphatic carbocycles. The van der Waals surface area contributed by atoms with Crippen molar-refractivity contribution in [3.63, 3.8) is 0 Å². The maximum Gasteiger partial charge on any atom is 0.237 e. The number of hydrogen-bond acceptors (Lipinski definition) is 5. The fourth-order valence-corrected chi connectivity index (χ4v) is 3.15. The number of aromatic nitrogens is 2. The molecule has 1 aromatic heterocycles. The lowest BCUT2D eigenvalue weighted by atomic mass is 10.2. The molecule has 0 aromatic carbocycles. The number of amides is 1. The molecule has 1 N–H and O–H groups in total. The summed E-state index contributed by atoms with van der Waals surface area (Å²) >= 11 is 0. The van der Waals surface area contributed by atoms with E-state index in [2.05, 4.69) is 15.3 Å². The molecule has 128 valence electrons. The second-order valence-corrected chi connectivity index (χ2v) is 6.27. The highest BCUT2D eigenvalue weighted by Crippen LogP contribution is 2.13. The zero-order valence-electron chi connectivity index (χ0n) is 13.7. The second kappa shape index (κ2) is 7.90. The normalized spacial score (nSPS) is 27.0. The van der Waals surface area contributed by atoms with Gasteiger partial charge >= 0.3 is 0 Å². The minimum absolute atomic E-state index is 0.0667. The van der Waals surface area contributed by atoms with Crippen molar-refractivity contribution in [1.82, 2.24) is 20.0 Å². The lowest BCUT2D eigenvalue weighted by Crippen LogP contribution is -2.53. The quantitative estimate of drug-likeness (QED) is 0.814. The van der Waals surface area contributed by atoms with Crippen molar-refractivity contribution in [2.24, 2.45) is 0 Å². The molecule has 3 rings (SSSR count). The molecule has 3 heterocycles. The van der Waals surface area contributed by atoms with E-state index in [0.717, 1.165) is 32.5 Å². The van der Waals surface area contributed by atoms with Crippen LogP contribution in [0, 0.1) is 0 Å². The highest BCUT2D eigenvalue weighted by Gasteiger charge is 2.28. The van der Waals surface area contributed by atoms with Crippen LogP contribution >= 0.6 is 0 Å². The van der Waals surface area contributed by atoms with Crippen molar-refractivity contribution in [3.05, 3.63) is 18.5 Å². The van der Waals surface area contributed by atoms with Gasteiger partial charge in [0.1, 0.15) is 0 Å². The van der Waals surface area contributed by atoms with E-state index in [-0.39, 0.29) is 24.2 Å². The van der Waals surface area contributed by atoms with Crippen LogP contribution in [0.5, 0.6) is 0 Å². The molecule has 2 aliphatic heterocycles. The molecule has 0 unspecified atom stereocenters. The van der Waals surface area contributed by atoms with E-state index in [0.29, 0.717) is 19.7 Å². The minimum atomic E-state index is -0.152. The Bertz CT molecular complexity index is 488. The van der Waals surface area contributed by atoms with Gasteiger partial charge in [-0.05, 0) is 25.8 Å². The number of carbonyl (C=O) groups is 1. The minimum Gasteiger partial charge on any atom is -0.376 e. The monoisotopic (exact) mass is 322 g/mol. The van der Waals surface area contributed by atoms with Crippen LogP contribution in [-0.2, 0) is 20.8 Å². The Balaban J connectivity index is 1.45. The predicted octanol–water partition coefficient (Wildman–Crippen LogP) is 0.268. The lowest BCUT2D eigenvalue weighted by molar-refractivity contribution is -0.130. The molecule has 1 amide bonds. The molecule has 2 saturated heterocycles. The lowest BCUT2D eigenvalue weighted by Gasteiger charge is -2.36. The van der Waals surface area contributed by atoms with Gasteiger partial charge in [0.25, 0.3) is 0 Å². The molecular weight excluding hydrogens is 296 g/mol. The Morgan fingerprint density at radius 3 is 3.00 bits per heavy atom. The molecule has 0 bridgehead atoms. The number of rotatable bonds is 6. The van der Waals surface area contributed by atoms with E-state index >= 15 is 0 Å². The topological polar surface area (TPSA) is 68.6 Å². The van der Waals surface area contributed by atoms with Gasteiger partial charge in [0.15, 0.2) is 0 Å². The number of morpholine rings is 1. The van der Waals surface area contributed by atoms with Gasteiger partial charge in [-0.15, -0.1) is 0 Å². The van der Waals surface area contributed by atoms with Crippen molar-refractivity contribution in [1.29, 1.82) is 0 Å². The molecule has 0 radical (unpaired) electrons. The third-order valence-corrected chi connectivity index (χ3v) is 4.58. The number of ether oxygens (including phenoxy) is 2. The van der Waals surface area contributed by atoms with Crippen LogP contribution in [0.3, 0.4) is 0 Å². The predicted molar refractivity (Wildman–Crippen MR) is 85.0 cm³/mol. The largest absolute Gasteiger partial charge is 0.376 e. The smallest absolute Gasteiger partial charge is 0.237 e. The Hall–Kier alpha value is -1.44. The van der Waals surface area contributed by atoms with E-state index in [9.17, 15) is 4.79 Å². The summed E-state index contributed by atoms with van der Waals surface area (Å²) in [5.41, 5.74) is 0. The fourth-order valence-electron chi connectivity index (χ4n) is 3.15. The molecule has 2 fully saturated rings. The molecule has 1 aromatic rings. The van der Waals surface area contributed by atoms with Crippen LogP contribution in [0.4, 0.5) is 0 Å². The van der Waals surface area contributed by atoms with Crippen molar-refractivity contribution >= 4 is 5.91 Å².